The minimum absolute atomic E-state index is 0.166. The van der Waals surface area contributed by atoms with E-state index in [4.69, 9.17) is 16.9 Å². The van der Waals surface area contributed by atoms with Gasteiger partial charge in [-0.2, -0.15) is 5.26 Å². The van der Waals surface area contributed by atoms with Gasteiger partial charge in [0, 0.05) is 5.02 Å². The molecule has 21 heavy (non-hydrogen) atoms. The first-order valence-corrected chi connectivity index (χ1v) is 8.23. The molecule has 0 bridgehead atoms. The van der Waals surface area contributed by atoms with Crippen LogP contribution in [0.15, 0.2) is 42.5 Å². The Labute approximate surface area is 127 Å². The van der Waals surface area contributed by atoms with Crippen molar-refractivity contribution in [1.82, 2.24) is 0 Å². The van der Waals surface area contributed by atoms with Gasteiger partial charge in [-0.15, -0.1) is 0 Å². The van der Waals surface area contributed by atoms with Crippen LogP contribution in [-0.4, -0.2) is 8.42 Å². The number of benzene rings is 2. The lowest BCUT2D eigenvalue weighted by molar-refractivity contribution is 0.594. The predicted molar refractivity (Wildman–Crippen MR) is 78.9 cm³/mol. The van der Waals surface area contributed by atoms with E-state index >= 15 is 0 Å². The van der Waals surface area contributed by atoms with E-state index in [-0.39, 0.29) is 17.1 Å². The van der Waals surface area contributed by atoms with Gasteiger partial charge in [-0.1, -0.05) is 35.9 Å². The fourth-order valence-corrected chi connectivity index (χ4v) is 3.70. The van der Waals surface area contributed by atoms with Gasteiger partial charge in [0.1, 0.15) is 11.9 Å². The molecule has 108 valence electrons. The van der Waals surface area contributed by atoms with E-state index < -0.39 is 15.7 Å². The highest BCUT2D eigenvalue weighted by Gasteiger charge is 2.16. The standard InChI is InChI=1S/C15H11ClFNO2S/c16-14-4-2-1-3-12(14)10-21(19,20)9-11-5-6-15(17)13(7-11)8-18/h1-7H,9-10H2. The van der Waals surface area contributed by atoms with Gasteiger partial charge < -0.3 is 0 Å². The molecule has 0 atom stereocenters. The van der Waals surface area contributed by atoms with Gasteiger partial charge in [0.2, 0.25) is 0 Å². The van der Waals surface area contributed by atoms with Gasteiger partial charge in [0.05, 0.1) is 17.1 Å². The number of sulfone groups is 1. The molecule has 0 unspecified atom stereocenters. The molecule has 0 fully saturated rings. The van der Waals surface area contributed by atoms with Crippen molar-refractivity contribution < 1.29 is 12.8 Å². The number of nitrogens with zero attached hydrogens (tertiary/aromatic N) is 1. The Morgan fingerprint density at radius 2 is 1.86 bits per heavy atom. The lowest BCUT2D eigenvalue weighted by atomic mass is 10.1. The Morgan fingerprint density at radius 1 is 1.14 bits per heavy atom. The molecule has 0 aliphatic rings. The van der Waals surface area contributed by atoms with Crippen molar-refractivity contribution in [3.63, 3.8) is 0 Å². The molecule has 2 rings (SSSR count). The summed E-state index contributed by atoms with van der Waals surface area (Å²) in [5.74, 6) is -1.14. The molecule has 3 nitrogen and oxygen atoms in total. The Balaban J connectivity index is 2.22. The van der Waals surface area contributed by atoms with E-state index in [9.17, 15) is 12.8 Å². The molecule has 0 N–H and O–H groups in total. The maximum Gasteiger partial charge on any atom is 0.158 e. The molecular formula is C15H11ClFNO2S. The number of nitriles is 1. The highest BCUT2D eigenvalue weighted by molar-refractivity contribution is 7.89. The molecule has 0 aromatic heterocycles. The van der Waals surface area contributed by atoms with Crippen LogP contribution in [0.25, 0.3) is 0 Å². The summed E-state index contributed by atoms with van der Waals surface area (Å²) in [6, 6.07) is 12.1. The van der Waals surface area contributed by atoms with Gasteiger partial charge in [-0.3, -0.25) is 0 Å². The summed E-state index contributed by atoms with van der Waals surface area (Å²) in [4.78, 5) is 0. The third-order valence-electron chi connectivity index (χ3n) is 2.87. The second-order valence-electron chi connectivity index (χ2n) is 4.55. The van der Waals surface area contributed by atoms with Crippen LogP contribution < -0.4 is 0 Å². The third-order valence-corrected chi connectivity index (χ3v) is 4.76. The Hall–Kier alpha value is -1.90. The zero-order chi connectivity index (χ0) is 15.5. The fourth-order valence-electron chi connectivity index (χ4n) is 1.91. The molecule has 2 aromatic carbocycles. The molecule has 0 saturated carbocycles. The van der Waals surface area contributed by atoms with Gasteiger partial charge in [0.15, 0.2) is 9.84 Å². The van der Waals surface area contributed by atoms with Crippen LogP contribution in [0.4, 0.5) is 4.39 Å². The first-order chi connectivity index (χ1) is 9.91. The summed E-state index contributed by atoms with van der Waals surface area (Å²) in [5.41, 5.74) is 0.724. The zero-order valence-corrected chi connectivity index (χ0v) is 12.5. The lowest BCUT2D eigenvalue weighted by Gasteiger charge is -2.07. The summed E-state index contributed by atoms with van der Waals surface area (Å²) in [5, 5.41) is 9.14. The Morgan fingerprint density at radius 3 is 2.52 bits per heavy atom. The molecule has 0 radical (unpaired) electrons. The number of rotatable bonds is 4. The SMILES string of the molecule is N#Cc1cc(CS(=O)(=O)Cc2ccccc2Cl)ccc1F. The van der Waals surface area contributed by atoms with Crippen LogP contribution >= 0.6 is 11.6 Å². The van der Waals surface area contributed by atoms with Crippen molar-refractivity contribution in [2.45, 2.75) is 11.5 Å². The van der Waals surface area contributed by atoms with Crippen LogP contribution in [0.1, 0.15) is 16.7 Å². The lowest BCUT2D eigenvalue weighted by Crippen LogP contribution is -2.08. The van der Waals surface area contributed by atoms with Crippen LogP contribution in [0.2, 0.25) is 5.02 Å². The molecule has 2 aromatic rings. The maximum absolute atomic E-state index is 13.2. The quantitative estimate of drug-likeness (QED) is 0.865. The summed E-state index contributed by atoms with van der Waals surface area (Å²) >= 11 is 5.94. The molecule has 0 saturated heterocycles. The van der Waals surface area contributed by atoms with Gasteiger partial charge in [-0.25, -0.2) is 12.8 Å². The maximum atomic E-state index is 13.2. The highest BCUT2D eigenvalue weighted by atomic mass is 35.5. The normalized spacial score (nSPS) is 11.1. The second-order valence-corrected chi connectivity index (χ2v) is 7.02. The van der Waals surface area contributed by atoms with E-state index in [1.54, 1.807) is 30.3 Å². The predicted octanol–water partition coefficient (Wildman–Crippen LogP) is 3.47. The topological polar surface area (TPSA) is 57.9 Å². The van der Waals surface area contributed by atoms with E-state index in [1.807, 2.05) is 0 Å². The molecule has 0 heterocycles. The minimum Gasteiger partial charge on any atom is -0.228 e. The average molecular weight is 324 g/mol. The number of halogens is 2. The van der Waals surface area contributed by atoms with Crippen molar-refractivity contribution in [2.24, 2.45) is 0 Å². The highest BCUT2D eigenvalue weighted by Crippen LogP contribution is 2.20. The summed E-state index contributed by atoms with van der Waals surface area (Å²) < 4.78 is 37.6. The van der Waals surface area contributed by atoms with E-state index in [0.717, 1.165) is 6.07 Å². The van der Waals surface area contributed by atoms with Crippen molar-refractivity contribution in [3.05, 3.63) is 70.0 Å². The Kier molecular flexibility index (Phi) is 4.61. The molecule has 0 aliphatic carbocycles. The monoisotopic (exact) mass is 323 g/mol. The van der Waals surface area contributed by atoms with Crippen molar-refractivity contribution in [3.8, 4) is 6.07 Å². The molecular weight excluding hydrogens is 313 g/mol. The first kappa shape index (κ1) is 15.5. The second kappa shape index (κ2) is 6.25. The zero-order valence-electron chi connectivity index (χ0n) is 10.9. The summed E-state index contributed by atoms with van der Waals surface area (Å²) in [6.45, 7) is 0. The van der Waals surface area contributed by atoms with Gasteiger partial charge >= 0.3 is 0 Å². The molecule has 6 heteroatoms. The Bertz CT molecular complexity index is 813. The van der Waals surface area contributed by atoms with E-state index in [0.29, 0.717) is 16.1 Å². The largest absolute Gasteiger partial charge is 0.228 e. The van der Waals surface area contributed by atoms with Crippen LogP contribution in [0.5, 0.6) is 0 Å². The van der Waals surface area contributed by atoms with Crippen molar-refractivity contribution in [2.75, 3.05) is 0 Å². The number of hydrogen-bond acceptors (Lipinski definition) is 3. The van der Waals surface area contributed by atoms with E-state index in [2.05, 4.69) is 0 Å². The molecule has 0 amide bonds. The minimum atomic E-state index is -3.46. The number of hydrogen-bond donors (Lipinski definition) is 0. The van der Waals surface area contributed by atoms with Gasteiger partial charge in [0.25, 0.3) is 0 Å². The van der Waals surface area contributed by atoms with Crippen LogP contribution in [0.3, 0.4) is 0 Å². The van der Waals surface area contributed by atoms with Crippen molar-refractivity contribution in [1.29, 1.82) is 5.26 Å². The molecule has 0 aliphatic heterocycles. The van der Waals surface area contributed by atoms with Crippen LogP contribution in [-0.2, 0) is 21.3 Å². The van der Waals surface area contributed by atoms with Gasteiger partial charge in [-0.05, 0) is 29.3 Å². The molecule has 0 spiro atoms. The average Bonchev–Trinajstić information content (AvgIpc) is 2.43. The van der Waals surface area contributed by atoms with Crippen LogP contribution in [0, 0.1) is 17.1 Å². The summed E-state index contributed by atoms with van der Waals surface area (Å²) in [7, 11) is -3.46. The fraction of sp³-hybridized carbons (Fsp3) is 0.133. The van der Waals surface area contributed by atoms with Crippen molar-refractivity contribution >= 4 is 21.4 Å². The third kappa shape index (κ3) is 4.03. The smallest absolute Gasteiger partial charge is 0.158 e. The van der Waals surface area contributed by atoms with E-state index in [1.165, 1.54) is 12.1 Å². The summed E-state index contributed by atoms with van der Waals surface area (Å²) in [6.07, 6.45) is 0. The first-order valence-electron chi connectivity index (χ1n) is 6.03.